The molecule has 20 heavy (non-hydrogen) atoms. The highest BCUT2D eigenvalue weighted by molar-refractivity contribution is 5.38. The molecule has 0 saturated carbocycles. The van der Waals surface area contributed by atoms with E-state index in [0.29, 0.717) is 38.3 Å². The Morgan fingerprint density at radius 1 is 1.30 bits per heavy atom. The number of phenols is 1. The van der Waals surface area contributed by atoms with E-state index in [4.69, 9.17) is 4.74 Å². The van der Waals surface area contributed by atoms with Gasteiger partial charge in [-0.05, 0) is 42.5 Å². The van der Waals surface area contributed by atoms with E-state index in [9.17, 15) is 10.2 Å². The summed E-state index contributed by atoms with van der Waals surface area (Å²) in [6, 6.07) is 5.87. The van der Waals surface area contributed by atoms with Crippen LogP contribution in [0.1, 0.15) is 42.9 Å². The third-order valence-corrected chi connectivity index (χ3v) is 4.54. The molecule has 1 aliphatic carbocycles. The van der Waals surface area contributed by atoms with Gasteiger partial charge in [-0.1, -0.05) is 6.07 Å². The van der Waals surface area contributed by atoms with Crippen molar-refractivity contribution in [1.82, 2.24) is 5.32 Å². The molecule has 3 N–H and O–H groups in total. The number of benzene rings is 1. The van der Waals surface area contributed by atoms with Crippen molar-refractivity contribution in [3.05, 3.63) is 29.3 Å². The number of hydrogen-bond acceptors (Lipinski definition) is 4. The van der Waals surface area contributed by atoms with Gasteiger partial charge in [0.2, 0.25) is 0 Å². The van der Waals surface area contributed by atoms with Crippen LogP contribution < -0.4 is 5.32 Å². The van der Waals surface area contributed by atoms with Gasteiger partial charge in [0, 0.05) is 38.6 Å². The molecule has 1 heterocycles. The van der Waals surface area contributed by atoms with Crippen molar-refractivity contribution in [2.45, 2.75) is 43.7 Å². The maximum atomic E-state index is 10.5. The largest absolute Gasteiger partial charge is 0.508 e. The fraction of sp³-hybridized carbons (Fsp3) is 0.625. The monoisotopic (exact) mass is 277 g/mol. The van der Waals surface area contributed by atoms with E-state index in [0.717, 1.165) is 19.3 Å². The molecular formula is C16H23NO3. The second kappa shape index (κ2) is 5.72. The highest BCUT2D eigenvalue weighted by Gasteiger charge is 2.31. The predicted molar refractivity (Wildman–Crippen MR) is 76.8 cm³/mol. The van der Waals surface area contributed by atoms with Gasteiger partial charge in [0.15, 0.2) is 0 Å². The molecule has 110 valence electrons. The SMILES string of the molecule is Oc1ccc2c(c1)C(NCC1(O)CCOCC1)CCC2. The van der Waals surface area contributed by atoms with Crippen LogP contribution in [-0.4, -0.2) is 35.6 Å². The fourth-order valence-corrected chi connectivity index (χ4v) is 3.24. The zero-order chi connectivity index (χ0) is 14.0. The van der Waals surface area contributed by atoms with Gasteiger partial charge in [0.05, 0.1) is 5.60 Å². The first-order valence-corrected chi connectivity index (χ1v) is 7.52. The molecule has 0 spiro atoms. The quantitative estimate of drug-likeness (QED) is 0.789. The molecule has 4 heteroatoms. The van der Waals surface area contributed by atoms with Crippen molar-refractivity contribution in [2.75, 3.05) is 19.8 Å². The van der Waals surface area contributed by atoms with E-state index >= 15 is 0 Å². The van der Waals surface area contributed by atoms with E-state index in [1.54, 1.807) is 6.07 Å². The Balaban J connectivity index is 1.68. The van der Waals surface area contributed by atoms with E-state index in [1.165, 1.54) is 11.1 Å². The summed E-state index contributed by atoms with van der Waals surface area (Å²) in [5.74, 6) is 0.322. The number of nitrogens with one attached hydrogen (secondary N) is 1. The molecule has 1 unspecified atom stereocenters. The lowest BCUT2D eigenvalue weighted by atomic mass is 9.86. The summed E-state index contributed by atoms with van der Waals surface area (Å²) in [7, 11) is 0. The number of aryl methyl sites for hydroxylation is 1. The van der Waals surface area contributed by atoms with E-state index in [2.05, 4.69) is 5.32 Å². The lowest BCUT2D eigenvalue weighted by molar-refractivity contribution is -0.0630. The topological polar surface area (TPSA) is 61.7 Å². The Morgan fingerprint density at radius 2 is 2.10 bits per heavy atom. The summed E-state index contributed by atoms with van der Waals surface area (Å²) >= 11 is 0. The van der Waals surface area contributed by atoms with Gasteiger partial charge < -0.3 is 20.3 Å². The lowest BCUT2D eigenvalue weighted by Crippen LogP contribution is -2.46. The van der Waals surface area contributed by atoms with Crippen molar-refractivity contribution < 1.29 is 14.9 Å². The molecular weight excluding hydrogens is 254 g/mol. The van der Waals surface area contributed by atoms with Crippen LogP contribution in [0.4, 0.5) is 0 Å². The molecule has 1 saturated heterocycles. The molecule has 0 amide bonds. The molecule has 4 nitrogen and oxygen atoms in total. The van der Waals surface area contributed by atoms with Crippen molar-refractivity contribution >= 4 is 0 Å². The van der Waals surface area contributed by atoms with Gasteiger partial charge in [-0.3, -0.25) is 0 Å². The smallest absolute Gasteiger partial charge is 0.115 e. The van der Waals surface area contributed by atoms with Gasteiger partial charge in [-0.25, -0.2) is 0 Å². The van der Waals surface area contributed by atoms with Crippen molar-refractivity contribution in [2.24, 2.45) is 0 Å². The number of hydrogen-bond donors (Lipinski definition) is 3. The van der Waals surface area contributed by atoms with Crippen LogP contribution in [0.15, 0.2) is 18.2 Å². The van der Waals surface area contributed by atoms with Crippen LogP contribution in [0.2, 0.25) is 0 Å². The summed E-state index contributed by atoms with van der Waals surface area (Å²) in [6.07, 6.45) is 4.67. The third kappa shape index (κ3) is 2.97. The van der Waals surface area contributed by atoms with Crippen molar-refractivity contribution in [3.63, 3.8) is 0 Å². The van der Waals surface area contributed by atoms with Gasteiger partial charge in [-0.15, -0.1) is 0 Å². The Labute approximate surface area is 119 Å². The van der Waals surface area contributed by atoms with Crippen LogP contribution in [0.3, 0.4) is 0 Å². The number of aromatic hydroxyl groups is 1. The number of rotatable bonds is 3. The fourth-order valence-electron chi connectivity index (χ4n) is 3.24. The summed E-state index contributed by atoms with van der Waals surface area (Å²) in [5, 5.41) is 23.7. The highest BCUT2D eigenvalue weighted by Crippen LogP contribution is 2.32. The van der Waals surface area contributed by atoms with Gasteiger partial charge in [0.25, 0.3) is 0 Å². The molecule has 0 bridgehead atoms. The van der Waals surface area contributed by atoms with Crippen LogP contribution >= 0.6 is 0 Å². The lowest BCUT2D eigenvalue weighted by Gasteiger charge is -2.35. The van der Waals surface area contributed by atoms with Crippen LogP contribution in [0.25, 0.3) is 0 Å². The molecule has 1 fully saturated rings. The molecule has 0 radical (unpaired) electrons. The van der Waals surface area contributed by atoms with Gasteiger partial charge in [0.1, 0.15) is 5.75 Å². The molecule has 1 aromatic rings. The zero-order valence-corrected chi connectivity index (χ0v) is 11.8. The average molecular weight is 277 g/mol. The molecule has 1 aromatic carbocycles. The average Bonchev–Trinajstić information content (AvgIpc) is 2.46. The predicted octanol–water partition coefficient (Wildman–Crippen LogP) is 1.90. The van der Waals surface area contributed by atoms with E-state index < -0.39 is 5.60 Å². The second-order valence-corrected chi connectivity index (χ2v) is 6.05. The van der Waals surface area contributed by atoms with E-state index in [1.807, 2.05) is 12.1 Å². The summed E-state index contributed by atoms with van der Waals surface area (Å²) in [6.45, 7) is 1.87. The molecule has 1 atom stereocenters. The molecule has 3 rings (SSSR count). The minimum atomic E-state index is -0.646. The van der Waals surface area contributed by atoms with Crippen LogP contribution in [-0.2, 0) is 11.2 Å². The standard InChI is InChI=1S/C16H23NO3/c18-13-5-4-12-2-1-3-15(14(12)10-13)17-11-16(19)6-8-20-9-7-16/h4-5,10,15,17-19H,1-3,6-9,11H2. The first kappa shape index (κ1) is 13.9. The maximum Gasteiger partial charge on any atom is 0.115 e. The molecule has 1 aliphatic heterocycles. The second-order valence-electron chi connectivity index (χ2n) is 6.05. The zero-order valence-electron chi connectivity index (χ0n) is 11.8. The Morgan fingerprint density at radius 3 is 2.90 bits per heavy atom. The molecule has 2 aliphatic rings. The third-order valence-electron chi connectivity index (χ3n) is 4.54. The minimum absolute atomic E-state index is 0.234. The number of phenolic OH excluding ortho intramolecular Hbond substituents is 1. The van der Waals surface area contributed by atoms with E-state index in [-0.39, 0.29) is 6.04 Å². The number of ether oxygens (including phenoxy) is 1. The molecule has 0 aromatic heterocycles. The summed E-state index contributed by atoms with van der Waals surface area (Å²) in [5.41, 5.74) is 1.85. The minimum Gasteiger partial charge on any atom is -0.508 e. The highest BCUT2D eigenvalue weighted by atomic mass is 16.5. The Bertz CT molecular complexity index is 469. The Kier molecular flexibility index (Phi) is 3.96. The maximum absolute atomic E-state index is 10.5. The normalized spacial score (nSPS) is 25.1. The van der Waals surface area contributed by atoms with Crippen LogP contribution in [0.5, 0.6) is 5.75 Å². The number of aliphatic hydroxyl groups is 1. The summed E-state index contributed by atoms with van der Waals surface area (Å²) < 4.78 is 5.31. The number of fused-ring (bicyclic) bond motifs is 1. The van der Waals surface area contributed by atoms with Gasteiger partial charge in [-0.2, -0.15) is 0 Å². The van der Waals surface area contributed by atoms with Gasteiger partial charge >= 0.3 is 0 Å². The first-order chi connectivity index (χ1) is 9.66. The van der Waals surface area contributed by atoms with Crippen LogP contribution in [0, 0.1) is 0 Å². The van der Waals surface area contributed by atoms with Crippen molar-refractivity contribution in [3.8, 4) is 5.75 Å². The first-order valence-electron chi connectivity index (χ1n) is 7.52. The summed E-state index contributed by atoms with van der Waals surface area (Å²) in [4.78, 5) is 0. The van der Waals surface area contributed by atoms with Crippen molar-refractivity contribution in [1.29, 1.82) is 0 Å². The Hall–Kier alpha value is -1.10.